The first-order valence-corrected chi connectivity index (χ1v) is 7.66. The van der Waals surface area contributed by atoms with Crippen molar-refractivity contribution in [1.29, 1.82) is 0 Å². The van der Waals surface area contributed by atoms with Gasteiger partial charge in [-0.15, -0.1) is 0 Å². The summed E-state index contributed by atoms with van der Waals surface area (Å²) in [6, 6.07) is 1.45. The first kappa shape index (κ1) is 16.5. The molecule has 0 aliphatic carbocycles. The molecule has 0 spiro atoms. The van der Waals surface area contributed by atoms with Crippen LogP contribution in [0.15, 0.2) is 24.7 Å². The Morgan fingerprint density at radius 1 is 1.38 bits per heavy atom. The SMILES string of the molecule is Cn1ccnc1C1CCN(C(=O)Cc2ccn(CC(F)(F)F)n2)C1. The minimum atomic E-state index is -4.32. The number of likely N-dealkylation sites (tertiary alicyclic amines) is 1. The molecule has 1 aliphatic heterocycles. The molecule has 0 N–H and O–H groups in total. The number of nitrogens with zero attached hydrogens (tertiary/aromatic N) is 5. The Bertz CT molecular complexity index is 721. The van der Waals surface area contributed by atoms with E-state index in [1.54, 1.807) is 11.1 Å². The van der Waals surface area contributed by atoms with Crippen molar-refractivity contribution < 1.29 is 18.0 Å². The lowest BCUT2D eigenvalue weighted by Crippen LogP contribution is -2.30. The number of hydrogen-bond donors (Lipinski definition) is 0. The van der Waals surface area contributed by atoms with E-state index in [1.807, 2.05) is 17.8 Å². The first-order valence-electron chi connectivity index (χ1n) is 7.66. The van der Waals surface area contributed by atoms with Gasteiger partial charge in [0.2, 0.25) is 5.91 Å². The van der Waals surface area contributed by atoms with Crippen molar-refractivity contribution >= 4 is 5.91 Å². The van der Waals surface area contributed by atoms with Crippen LogP contribution in [0.1, 0.15) is 23.9 Å². The molecule has 1 amide bonds. The van der Waals surface area contributed by atoms with Crippen LogP contribution < -0.4 is 0 Å². The van der Waals surface area contributed by atoms with Gasteiger partial charge in [0.1, 0.15) is 12.4 Å². The van der Waals surface area contributed by atoms with Gasteiger partial charge < -0.3 is 9.47 Å². The number of aryl methyl sites for hydroxylation is 1. The average Bonchev–Trinajstić information content (AvgIpc) is 3.17. The van der Waals surface area contributed by atoms with Crippen LogP contribution in [0, 0.1) is 0 Å². The Labute approximate surface area is 136 Å². The zero-order valence-corrected chi connectivity index (χ0v) is 13.2. The van der Waals surface area contributed by atoms with E-state index in [2.05, 4.69) is 10.1 Å². The molecule has 9 heteroatoms. The summed E-state index contributed by atoms with van der Waals surface area (Å²) in [5, 5.41) is 3.82. The van der Waals surface area contributed by atoms with E-state index < -0.39 is 12.7 Å². The van der Waals surface area contributed by atoms with Gasteiger partial charge in [0.15, 0.2) is 0 Å². The van der Waals surface area contributed by atoms with E-state index in [-0.39, 0.29) is 18.2 Å². The standard InChI is InChI=1S/C15H18F3N5O/c1-21-7-4-19-14(21)11-2-5-22(9-11)13(24)8-12-3-6-23(20-12)10-15(16,17)18/h3-4,6-7,11H,2,5,8-10H2,1H3. The lowest BCUT2D eigenvalue weighted by molar-refractivity contribution is -0.142. The van der Waals surface area contributed by atoms with E-state index in [0.717, 1.165) is 16.9 Å². The molecule has 3 heterocycles. The topological polar surface area (TPSA) is 56.0 Å². The zero-order valence-electron chi connectivity index (χ0n) is 13.2. The van der Waals surface area contributed by atoms with Crippen LogP contribution in [0.3, 0.4) is 0 Å². The molecule has 3 rings (SSSR count). The van der Waals surface area contributed by atoms with E-state index >= 15 is 0 Å². The second-order valence-electron chi connectivity index (χ2n) is 6.02. The van der Waals surface area contributed by atoms with E-state index in [1.165, 1.54) is 12.3 Å². The number of carbonyl (C=O) groups excluding carboxylic acids is 1. The van der Waals surface area contributed by atoms with Crippen molar-refractivity contribution in [3.8, 4) is 0 Å². The highest BCUT2D eigenvalue weighted by Gasteiger charge is 2.30. The molecule has 0 radical (unpaired) electrons. The number of hydrogen-bond acceptors (Lipinski definition) is 3. The molecule has 24 heavy (non-hydrogen) atoms. The predicted molar refractivity (Wildman–Crippen MR) is 79.1 cm³/mol. The van der Waals surface area contributed by atoms with Crippen LogP contribution in [-0.2, 0) is 24.8 Å². The fourth-order valence-electron chi connectivity index (χ4n) is 3.00. The Morgan fingerprint density at radius 3 is 2.83 bits per heavy atom. The number of halogens is 3. The smallest absolute Gasteiger partial charge is 0.342 e. The molecule has 0 bridgehead atoms. The van der Waals surface area contributed by atoms with Gasteiger partial charge >= 0.3 is 6.18 Å². The Kier molecular flexibility index (Phi) is 4.33. The molecule has 0 saturated carbocycles. The van der Waals surface area contributed by atoms with E-state index in [4.69, 9.17) is 0 Å². The normalized spacial score (nSPS) is 18.3. The maximum absolute atomic E-state index is 12.3. The molecule has 130 valence electrons. The van der Waals surface area contributed by atoms with Crippen molar-refractivity contribution in [3.63, 3.8) is 0 Å². The molecule has 1 unspecified atom stereocenters. The Morgan fingerprint density at radius 2 is 2.17 bits per heavy atom. The third kappa shape index (κ3) is 3.77. The summed E-state index contributed by atoms with van der Waals surface area (Å²) in [4.78, 5) is 18.4. The highest BCUT2D eigenvalue weighted by atomic mass is 19.4. The summed E-state index contributed by atoms with van der Waals surface area (Å²) < 4.78 is 39.7. The molecule has 2 aromatic heterocycles. The summed E-state index contributed by atoms with van der Waals surface area (Å²) in [7, 11) is 1.92. The lowest BCUT2D eigenvalue weighted by atomic mass is 10.1. The number of rotatable bonds is 4. The van der Waals surface area contributed by atoms with Crippen LogP contribution in [0.4, 0.5) is 13.2 Å². The first-order chi connectivity index (χ1) is 11.3. The van der Waals surface area contributed by atoms with Gasteiger partial charge in [0, 0.05) is 44.6 Å². The largest absolute Gasteiger partial charge is 0.408 e. The predicted octanol–water partition coefficient (Wildman–Crippen LogP) is 1.74. The van der Waals surface area contributed by atoms with Crippen LogP contribution in [0.5, 0.6) is 0 Å². The number of alkyl halides is 3. The summed E-state index contributed by atoms with van der Waals surface area (Å²) in [6.07, 6.45) is 1.37. The minimum absolute atomic E-state index is 0.0120. The van der Waals surface area contributed by atoms with Crippen molar-refractivity contribution in [2.75, 3.05) is 13.1 Å². The average molecular weight is 341 g/mol. The van der Waals surface area contributed by atoms with Crippen molar-refractivity contribution in [2.24, 2.45) is 7.05 Å². The van der Waals surface area contributed by atoms with Crippen molar-refractivity contribution in [2.45, 2.75) is 31.5 Å². The highest BCUT2D eigenvalue weighted by molar-refractivity contribution is 5.78. The maximum atomic E-state index is 12.3. The van der Waals surface area contributed by atoms with E-state index in [0.29, 0.717) is 18.8 Å². The quantitative estimate of drug-likeness (QED) is 0.851. The van der Waals surface area contributed by atoms with Crippen molar-refractivity contribution in [1.82, 2.24) is 24.2 Å². The fourth-order valence-corrected chi connectivity index (χ4v) is 3.00. The van der Waals surface area contributed by atoms with Gasteiger partial charge in [-0.2, -0.15) is 18.3 Å². The highest BCUT2D eigenvalue weighted by Crippen LogP contribution is 2.26. The molecule has 1 atom stereocenters. The number of carbonyl (C=O) groups is 1. The third-order valence-electron chi connectivity index (χ3n) is 4.13. The summed E-state index contributed by atoms with van der Waals surface area (Å²) in [5.74, 6) is 1.01. The molecule has 1 aliphatic rings. The van der Waals surface area contributed by atoms with Gasteiger partial charge in [0.05, 0.1) is 12.1 Å². The molecule has 0 aromatic carbocycles. The Hall–Kier alpha value is -2.32. The van der Waals surface area contributed by atoms with Crippen LogP contribution in [-0.4, -0.2) is 49.4 Å². The number of amides is 1. The summed E-state index contributed by atoms with van der Waals surface area (Å²) >= 11 is 0. The summed E-state index contributed by atoms with van der Waals surface area (Å²) in [6.45, 7) is 0.0543. The number of imidazole rings is 1. The van der Waals surface area contributed by atoms with Crippen LogP contribution >= 0.6 is 0 Å². The lowest BCUT2D eigenvalue weighted by Gasteiger charge is -2.16. The van der Waals surface area contributed by atoms with Crippen LogP contribution in [0.25, 0.3) is 0 Å². The Balaban J connectivity index is 1.57. The van der Waals surface area contributed by atoms with Gasteiger partial charge in [-0.1, -0.05) is 0 Å². The fraction of sp³-hybridized carbons (Fsp3) is 0.533. The van der Waals surface area contributed by atoms with Crippen LogP contribution in [0.2, 0.25) is 0 Å². The third-order valence-corrected chi connectivity index (χ3v) is 4.13. The monoisotopic (exact) mass is 341 g/mol. The molecule has 1 fully saturated rings. The van der Waals surface area contributed by atoms with Gasteiger partial charge in [-0.25, -0.2) is 4.98 Å². The molecule has 6 nitrogen and oxygen atoms in total. The number of aromatic nitrogens is 4. The van der Waals surface area contributed by atoms with E-state index in [9.17, 15) is 18.0 Å². The molecular weight excluding hydrogens is 323 g/mol. The van der Waals surface area contributed by atoms with Gasteiger partial charge in [-0.05, 0) is 12.5 Å². The van der Waals surface area contributed by atoms with Crippen molar-refractivity contribution in [3.05, 3.63) is 36.2 Å². The molecule has 1 saturated heterocycles. The van der Waals surface area contributed by atoms with Gasteiger partial charge in [-0.3, -0.25) is 9.48 Å². The molecule has 2 aromatic rings. The second-order valence-corrected chi connectivity index (χ2v) is 6.02. The second kappa shape index (κ2) is 6.29. The zero-order chi connectivity index (χ0) is 17.3. The maximum Gasteiger partial charge on any atom is 0.408 e. The minimum Gasteiger partial charge on any atom is -0.342 e. The van der Waals surface area contributed by atoms with Gasteiger partial charge in [0.25, 0.3) is 0 Å². The summed E-state index contributed by atoms with van der Waals surface area (Å²) in [5.41, 5.74) is 0.352. The molecular formula is C15H18F3N5O.